The molecule has 0 aliphatic carbocycles. The highest BCUT2D eigenvalue weighted by Crippen LogP contribution is 2.18. The molecular formula is C19H28BrNO5. The Balaban J connectivity index is 3.13. The van der Waals surface area contributed by atoms with Gasteiger partial charge >= 0.3 is 12.1 Å². The Labute approximate surface area is 163 Å². The monoisotopic (exact) mass is 429 g/mol. The van der Waals surface area contributed by atoms with E-state index in [1.165, 1.54) is 12.0 Å². The molecule has 0 bridgehead atoms. The first-order valence-corrected chi connectivity index (χ1v) is 9.26. The van der Waals surface area contributed by atoms with E-state index >= 15 is 0 Å². The Morgan fingerprint density at radius 1 is 1.15 bits per heavy atom. The number of ether oxygens (including phenoxy) is 3. The molecule has 0 fully saturated rings. The van der Waals surface area contributed by atoms with E-state index in [1.54, 1.807) is 34.6 Å². The van der Waals surface area contributed by atoms with E-state index < -0.39 is 23.7 Å². The van der Waals surface area contributed by atoms with Crippen LogP contribution < -0.4 is 0 Å². The van der Waals surface area contributed by atoms with Crippen LogP contribution in [0.3, 0.4) is 0 Å². The molecule has 0 aliphatic heterocycles. The van der Waals surface area contributed by atoms with Gasteiger partial charge in [0.15, 0.2) is 0 Å². The number of halogens is 1. The second kappa shape index (κ2) is 9.92. The number of carbonyl (C=O) groups is 2. The molecule has 6 nitrogen and oxygen atoms in total. The molecule has 1 amide bonds. The smallest absolute Gasteiger partial charge is 0.412 e. The number of hydrogen-bond acceptors (Lipinski definition) is 5. The maximum atomic E-state index is 12.7. The van der Waals surface area contributed by atoms with Crippen molar-refractivity contribution in [2.45, 2.75) is 58.8 Å². The summed E-state index contributed by atoms with van der Waals surface area (Å²) in [6.45, 7) is 8.76. The fourth-order valence-electron chi connectivity index (χ4n) is 2.20. The van der Waals surface area contributed by atoms with Crippen LogP contribution >= 0.6 is 15.9 Å². The van der Waals surface area contributed by atoms with Crippen LogP contribution in [0.4, 0.5) is 4.79 Å². The zero-order chi connectivity index (χ0) is 19.9. The average molecular weight is 430 g/mol. The van der Waals surface area contributed by atoms with E-state index in [4.69, 9.17) is 14.2 Å². The van der Waals surface area contributed by atoms with Crippen molar-refractivity contribution in [2.75, 3.05) is 13.8 Å². The predicted molar refractivity (Wildman–Crippen MR) is 103 cm³/mol. The molecule has 0 N–H and O–H groups in total. The van der Waals surface area contributed by atoms with Gasteiger partial charge in [-0.15, -0.1) is 0 Å². The summed E-state index contributed by atoms with van der Waals surface area (Å²) in [7, 11) is 1.46. The molecule has 0 aromatic heterocycles. The number of hydrogen-bond donors (Lipinski definition) is 0. The fourth-order valence-corrected chi connectivity index (χ4v) is 2.47. The Bertz CT molecular complexity index is 595. The Kier molecular flexibility index (Phi) is 8.56. The van der Waals surface area contributed by atoms with Gasteiger partial charge in [-0.05, 0) is 52.3 Å². The van der Waals surface area contributed by atoms with Crippen molar-refractivity contribution < 1.29 is 23.8 Å². The zero-order valence-corrected chi connectivity index (χ0v) is 17.8. The summed E-state index contributed by atoms with van der Waals surface area (Å²) >= 11 is 3.39. The number of benzene rings is 1. The summed E-state index contributed by atoms with van der Waals surface area (Å²) in [6.07, 6.45) is -0.623. The normalized spacial score (nSPS) is 12.6. The molecule has 0 saturated carbocycles. The number of methoxy groups -OCH3 is 1. The van der Waals surface area contributed by atoms with E-state index in [0.29, 0.717) is 6.42 Å². The highest BCUT2D eigenvalue weighted by Gasteiger charge is 2.34. The van der Waals surface area contributed by atoms with Crippen LogP contribution in [0, 0.1) is 0 Å². The van der Waals surface area contributed by atoms with Gasteiger partial charge in [-0.25, -0.2) is 9.59 Å². The largest absolute Gasteiger partial charge is 0.461 e. The second-order valence-electron chi connectivity index (χ2n) is 7.20. The Hall–Kier alpha value is -1.60. The number of carbonyl (C=O) groups excluding carboxylic acids is 2. The molecule has 1 aromatic rings. The first kappa shape index (κ1) is 22.4. The lowest BCUT2D eigenvalue weighted by Crippen LogP contribution is -2.50. The molecular weight excluding hydrogens is 402 g/mol. The van der Waals surface area contributed by atoms with Gasteiger partial charge in [0.25, 0.3) is 0 Å². The van der Waals surface area contributed by atoms with Crippen molar-refractivity contribution in [3.8, 4) is 0 Å². The summed E-state index contributed by atoms with van der Waals surface area (Å²) in [5.41, 5.74) is 0.205. The van der Waals surface area contributed by atoms with Crippen LogP contribution in [0.15, 0.2) is 28.7 Å². The summed E-state index contributed by atoms with van der Waals surface area (Å²) < 4.78 is 16.9. The van der Waals surface area contributed by atoms with Gasteiger partial charge in [-0.3, -0.25) is 4.90 Å². The molecule has 0 heterocycles. The number of amides is 1. The molecule has 1 aromatic carbocycles. The second-order valence-corrected chi connectivity index (χ2v) is 8.12. The molecule has 7 heteroatoms. The maximum absolute atomic E-state index is 12.7. The summed E-state index contributed by atoms with van der Waals surface area (Å²) in [4.78, 5) is 26.6. The summed E-state index contributed by atoms with van der Waals surface area (Å²) in [5, 5.41) is 0. The third-order valence-corrected chi connectivity index (χ3v) is 3.77. The van der Waals surface area contributed by atoms with Gasteiger partial charge in [-0.1, -0.05) is 28.1 Å². The van der Waals surface area contributed by atoms with Gasteiger partial charge in [0, 0.05) is 18.0 Å². The van der Waals surface area contributed by atoms with E-state index in [-0.39, 0.29) is 12.8 Å². The summed E-state index contributed by atoms with van der Waals surface area (Å²) in [6, 6.07) is 6.69. The first-order chi connectivity index (χ1) is 12.0. The Morgan fingerprint density at radius 3 is 2.19 bits per heavy atom. The van der Waals surface area contributed by atoms with Crippen molar-refractivity contribution in [1.82, 2.24) is 4.90 Å². The lowest BCUT2D eigenvalue weighted by Gasteiger charge is -2.32. The quantitative estimate of drug-likeness (QED) is 0.480. The van der Waals surface area contributed by atoms with Crippen LogP contribution in [-0.2, 0) is 25.4 Å². The Morgan fingerprint density at radius 2 is 1.73 bits per heavy atom. The van der Waals surface area contributed by atoms with Crippen molar-refractivity contribution in [1.29, 1.82) is 0 Å². The van der Waals surface area contributed by atoms with Gasteiger partial charge < -0.3 is 14.2 Å². The van der Waals surface area contributed by atoms with Crippen LogP contribution in [0.25, 0.3) is 0 Å². The van der Waals surface area contributed by atoms with E-state index in [0.717, 1.165) is 10.0 Å². The highest BCUT2D eigenvalue weighted by molar-refractivity contribution is 9.10. The highest BCUT2D eigenvalue weighted by atomic mass is 79.9. The predicted octanol–water partition coefficient (Wildman–Crippen LogP) is 4.15. The molecule has 0 aliphatic rings. The number of esters is 1. The number of nitrogens with zero attached hydrogens (tertiary/aromatic N) is 1. The molecule has 1 rings (SSSR count). The standard InChI is InChI=1S/C19H28BrNO5/c1-13(2)25-17(22)16(11-14-7-9-15(20)10-8-14)21(12-24-6)18(23)26-19(3,4)5/h7-10,13,16H,11-12H2,1-6H3/t16-/m0/s1. The van der Waals surface area contributed by atoms with E-state index in [9.17, 15) is 9.59 Å². The van der Waals surface area contributed by atoms with Gasteiger partial charge in [0.05, 0.1) is 6.10 Å². The van der Waals surface area contributed by atoms with Crippen LogP contribution in [-0.4, -0.2) is 48.5 Å². The fraction of sp³-hybridized carbons (Fsp3) is 0.579. The van der Waals surface area contributed by atoms with E-state index in [2.05, 4.69) is 15.9 Å². The molecule has 0 saturated heterocycles. The molecule has 26 heavy (non-hydrogen) atoms. The molecule has 0 radical (unpaired) electrons. The third-order valence-electron chi connectivity index (χ3n) is 3.24. The minimum Gasteiger partial charge on any atom is -0.461 e. The SMILES string of the molecule is COCN(C(=O)OC(C)(C)C)[C@@H](Cc1ccc(Br)cc1)C(=O)OC(C)C. The van der Waals surface area contributed by atoms with Gasteiger partial charge in [-0.2, -0.15) is 0 Å². The number of rotatable bonds is 7. The third kappa shape index (κ3) is 7.74. The lowest BCUT2D eigenvalue weighted by atomic mass is 10.1. The molecule has 0 spiro atoms. The first-order valence-electron chi connectivity index (χ1n) is 8.47. The topological polar surface area (TPSA) is 65.1 Å². The van der Waals surface area contributed by atoms with E-state index in [1.807, 2.05) is 24.3 Å². The molecule has 1 atom stereocenters. The van der Waals surface area contributed by atoms with Crippen LogP contribution in [0.1, 0.15) is 40.2 Å². The van der Waals surface area contributed by atoms with Crippen LogP contribution in [0.5, 0.6) is 0 Å². The minimum atomic E-state index is -0.853. The lowest BCUT2D eigenvalue weighted by molar-refractivity contribution is -0.155. The zero-order valence-electron chi connectivity index (χ0n) is 16.2. The van der Waals surface area contributed by atoms with Crippen molar-refractivity contribution >= 4 is 28.0 Å². The van der Waals surface area contributed by atoms with Crippen molar-refractivity contribution in [2.24, 2.45) is 0 Å². The average Bonchev–Trinajstić information content (AvgIpc) is 2.50. The van der Waals surface area contributed by atoms with Gasteiger partial charge in [0.2, 0.25) is 0 Å². The molecule has 146 valence electrons. The van der Waals surface area contributed by atoms with Crippen molar-refractivity contribution in [3.05, 3.63) is 34.3 Å². The summed E-state index contributed by atoms with van der Waals surface area (Å²) in [5.74, 6) is -0.495. The maximum Gasteiger partial charge on any atom is 0.412 e. The minimum absolute atomic E-state index is 0.0801. The van der Waals surface area contributed by atoms with Gasteiger partial charge in [0.1, 0.15) is 18.4 Å². The molecule has 0 unspecified atom stereocenters. The van der Waals surface area contributed by atoms with Crippen molar-refractivity contribution in [3.63, 3.8) is 0 Å². The van der Waals surface area contributed by atoms with Crippen LogP contribution in [0.2, 0.25) is 0 Å².